The number of carbonyl (C=O) groups excluding carboxylic acids is 3. The molecule has 0 fully saturated rings. The van der Waals surface area contributed by atoms with Crippen molar-refractivity contribution in [1.82, 2.24) is 16.0 Å². The van der Waals surface area contributed by atoms with E-state index in [-0.39, 0.29) is 62.4 Å². The third-order valence-corrected chi connectivity index (χ3v) is 13.2. The van der Waals surface area contributed by atoms with Crippen molar-refractivity contribution in [3.63, 3.8) is 0 Å². The van der Waals surface area contributed by atoms with E-state index in [0.29, 0.717) is 66.7 Å². The highest BCUT2D eigenvalue weighted by Crippen LogP contribution is 2.36. The van der Waals surface area contributed by atoms with Crippen LogP contribution >= 0.6 is 0 Å². The van der Waals surface area contributed by atoms with E-state index < -0.39 is 17.9 Å². The molecule has 3 N–H and O–H groups in total. The molecule has 0 aliphatic carbocycles. The Morgan fingerprint density at radius 3 is 0.938 bits per heavy atom. The van der Waals surface area contributed by atoms with Gasteiger partial charge in [-0.3, -0.25) is 14.4 Å². The summed E-state index contributed by atoms with van der Waals surface area (Å²) in [5, 5.41) is 9.40. The van der Waals surface area contributed by atoms with Crippen molar-refractivity contribution in [2.75, 3.05) is 13.1 Å². The quantitative estimate of drug-likeness (QED) is 0.0391. The average molecular weight is 1080 g/mol. The molecule has 0 aromatic heterocycles. The second-order valence-corrected chi connectivity index (χ2v) is 19.2. The molecule has 0 unspecified atom stereocenters. The highest BCUT2D eigenvalue weighted by Gasteiger charge is 2.24. The molecular weight excluding hydrogens is 1010 g/mol. The Balaban J connectivity index is 0.928. The summed E-state index contributed by atoms with van der Waals surface area (Å²) >= 11 is 0. The zero-order chi connectivity index (χ0) is 55.7. The molecule has 0 spiro atoms. The topological polar surface area (TPSA) is 143 Å². The zero-order valence-corrected chi connectivity index (χ0v) is 45.0. The van der Waals surface area contributed by atoms with Crippen LogP contribution in [0.15, 0.2) is 237 Å². The third-order valence-electron chi connectivity index (χ3n) is 13.2. The van der Waals surface area contributed by atoms with Gasteiger partial charge in [0.2, 0.25) is 0 Å². The number of rotatable bonds is 29. The van der Waals surface area contributed by atoms with E-state index in [4.69, 9.17) is 28.4 Å². The van der Waals surface area contributed by atoms with Crippen LogP contribution in [0.3, 0.4) is 0 Å². The first-order valence-corrected chi connectivity index (χ1v) is 27.2. The lowest BCUT2D eigenvalue weighted by molar-refractivity contribution is 0.0899. The van der Waals surface area contributed by atoms with E-state index in [0.717, 1.165) is 33.4 Å². The molecule has 9 aromatic rings. The lowest BCUT2D eigenvalue weighted by Gasteiger charge is -2.22. The molecule has 0 aliphatic rings. The predicted octanol–water partition coefficient (Wildman–Crippen LogP) is 13.3. The van der Waals surface area contributed by atoms with Gasteiger partial charge in [0.25, 0.3) is 17.7 Å². The van der Waals surface area contributed by atoms with E-state index in [9.17, 15) is 14.4 Å². The van der Waals surface area contributed by atoms with Crippen molar-refractivity contribution in [3.8, 4) is 34.5 Å². The van der Waals surface area contributed by atoms with Crippen LogP contribution in [-0.4, -0.2) is 36.9 Å². The number of carbonyl (C=O) groups is 3. The summed E-state index contributed by atoms with van der Waals surface area (Å²) in [6.45, 7) is 1.78. The Morgan fingerprint density at radius 1 is 0.309 bits per heavy atom. The number of unbranched alkanes of at least 4 members (excludes halogenated alkanes) is 1. The van der Waals surface area contributed by atoms with Crippen LogP contribution in [0.5, 0.6) is 34.5 Å². The summed E-state index contributed by atoms with van der Waals surface area (Å²) in [4.78, 5) is 43.3. The van der Waals surface area contributed by atoms with Crippen LogP contribution in [-0.2, 0) is 39.6 Å². The first kappa shape index (κ1) is 55.9. The van der Waals surface area contributed by atoms with Crippen LogP contribution in [0.25, 0.3) is 0 Å². The first-order chi connectivity index (χ1) is 39.9. The van der Waals surface area contributed by atoms with Gasteiger partial charge in [-0.15, -0.1) is 0 Å². The fourth-order valence-electron chi connectivity index (χ4n) is 8.88. The highest BCUT2D eigenvalue weighted by atomic mass is 16.5. The van der Waals surface area contributed by atoms with Crippen LogP contribution in [0.2, 0.25) is 0 Å². The van der Waals surface area contributed by atoms with Gasteiger partial charge in [0.1, 0.15) is 39.6 Å². The smallest absolute Gasteiger partial charge is 0.255 e. The lowest BCUT2D eigenvalue weighted by Crippen LogP contribution is -2.44. The first-order valence-electron chi connectivity index (χ1n) is 27.2. The van der Waals surface area contributed by atoms with Crippen LogP contribution in [0, 0.1) is 0 Å². The molecule has 1 atom stereocenters. The van der Waals surface area contributed by atoms with Gasteiger partial charge in [-0.2, -0.15) is 0 Å². The maximum atomic E-state index is 14.7. The molecule has 9 rings (SSSR count). The van der Waals surface area contributed by atoms with E-state index in [1.807, 2.05) is 182 Å². The van der Waals surface area contributed by atoms with E-state index in [1.54, 1.807) is 54.6 Å². The van der Waals surface area contributed by atoms with Gasteiger partial charge >= 0.3 is 0 Å². The fraction of sp³-hybridized carbons (Fsp3) is 0.174. The van der Waals surface area contributed by atoms with Crippen molar-refractivity contribution in [3.05, 3.63) is 287 Å². The van der Waals surface area contributed by atoms with Gasteiger partial charge < -0.3 is 44.4 Å². The van der Waals surface area contributed by atoms with Gasteiger partial charge in [-0.1, -0.05) is 200 Å². The number of para-hydroxylation sites is 3. The molecule has 12 nitrogen and oxygen atoms in total. The monoisotopic (exact) mass is 1080 g/mol. The molecule has 410 valence electrons. The zero-order valence-electron chi connectivity index (χ0n) is 45.0. The minimum Gasteiger partial charge on any atom is -0.485 e. The number of hydrogen-bond donors (Lipinski definition) is 3. The maximum Gasteiger partial charge on any atom is 0.255 e. The summed E-state index contributed by atoms with van der Waals surface area (Å²) in [5.41, 5.74) is 6.53. The summed E-state index contributed by atoms with van der Waals surface area (Å²) in [6.07, 6.45) is 1.53. The molecule has 0 aliphatic heterocycles. The molecule has 81 heavy (non-hydrogen) atoms. The van der Waals surface area contributed by atoms with Crippen molar-refractivity contribution < 1.29 is 42.8 Å². The molecule has 0 bridgehead atoms. The van der Waals surface area contributed by atoms with Crippen molar-refractivity contribution >= 4 is 17.7 Å². The van der Waals surface area contributed by atoms with E-state index >= 15 is 0 Å². The molecule has 12 heteroatoms. The summed E-state index contributed by atoms with van der Waals surface area (Å²) in [7, 11) is 0. The summed E-state index contributed by atoms with van der Waals surface area (Å²) in [6, 6.07) is 73.7. The van der Waals surface area contributed by atoms with Gasteiger partial charge in [-0.25, -0.2) is 0 Å². The van der Waals surface area contributed by atoms with E-state index in [2.05, 4.69) is 16.0 Å². The Labute approximate surface area is 473 Å². The molecule has 0 saturated heterocycles. The van der Waals surface area contributed by atoms with Crippen LogP contribution in [0.1, 0.15) is 83.7 Å². The Bertz CT molecular complexity index is 3390. The number of benzene rings is 9. The maximum absolute atomic E-state index is 14.7. The number of amides is 3. The van der Waals surface area contributed by atoms with Crippen molar-refractivity contribution in [1.29, 1.82) is 0 Å². The number of ether oxygens (including phenoxy) is 6. The standard InChI is InChI=1S/C69H65N3O9/c73-67(58-37-21-40-61(76-45-51-24-7-1-8-25-51)64(58)79-48-54-30-13-4-14-31-54)70-43-20-19-36-57(72-69(75)60-39-23-42-63(78-47-53-28-11-3-12-29-53)66(60)81-50-56-34-17-6-18-35-56)44-71-68(74)59-38-22-41-62(77-46-52-26-9-2-10-27-52)65(59)80-49-55-32-15-5-16-33-55/h1-18,21-35,37-42,57H,19-20,36,43-50H2,(H,70,73)(H,71,74)(H,72,75)/t57-/m0/s1. The minimum atomic E-state index is -0.587. The lowest BCUT2D eigenvalue weighted by atomic mass is 10.1. The third kappa shape index (κ3) is 16.8. The summed E-state index contributed by atoms with van der Waals surface area (Å²) < 4.78 is 38.1. The minimum absolute atomic E-state index is 0.0481. The SMILES string of the molecule is O=C(NCCCC[C@@H](CNC(=O)c1cccc(OCc2ccccc2)c1OCc1ccccc1)NC(=O)c1cccc(OCc2ccccc2)c1OCc1ccccc1)c1cccc(OCc2ccccc2)c1OCc1ccccc1. The molecule has 0 saturated carbocycles. The normalized spacial score (nSPS) is 11.1. The molecule has 9 aromatic carbocycles. The van der Waals surface area contributed by atoms with Gasteiger partial charge in [0.05, 0.1) is 16.7 Å². The molecular formula is C69H65N3O9. The van der Waals surface area contributed by atoms with Crippen molar-refractivity contribution in [2.24, 2.45) is 0 Å². The average Bonchev–Trinajstić information content (AvgIpc) is 3.53. The molecule has 3 amide bonds. The molecule has 0 heterocycles. The fourth-order valence-corrected chi connectivity index (χ4v) is 8.88. The predicted molar refractivity (Wildman–Crippen MR) is 314 cm³/mol. The Morgan fingerprint density at radius 2 is 0.605 bits per heavy atom. The van der Waals surface area contributed by atoms with Gasteiger partial charge in [-0.05, 0) is 89.0 Å². The second kappa shape index (κ2) is 29.8. The van der Waals surface area contributed by atoms with Gasteiger partial charge in [0.15, 0.2) is 34.5 Å². The van der Waals surface area contributed by atoms with Crippen LogP contribution in [0.4, 0.5) is 0 Å². The van der Waals surface area contributed by atoms with Crippen LogP contribution < -0.4 is 44.4 Å². The molecule has 0 radical (unpaired) electrons. The van der Waals surface area contributed by atoms with E-state index in [1.165, 1.54) is 0 Å². The van der Waals surface area contributed by atoms with Gasteiger partial charge in [0, 0.05) is 19.1 Å². The Kier molecular flexibility index (Phi) is 20.6. The Hall–Kier alpha value is -9.81. The number of nitrogens with one attached hydrogen (secondary N) is 3. The largest absolute Gasteiger partial charge is 0.485 e. The summed E-state index contributed by atoms with van der Waals surface area (Å²) in [5.74, 6) is 1.03. The van der Waals surface area contributed by atoms with Crippen molar-refractivity contribution in [2.45, 2.75) is 64.9 Å². The highest BCUT2D eigenvalue weighted by molar-refractivity contribution is 5.99. The number of hydrogen-bond acceptors (Lipinski definition) is 9. The second-order valence-electron chi connectivity index (χ2n) is 19.2.